The molecule has 1 heterocycles. The van der Waals surface area contributed by atoms with Crippen molar-refractivity contribution >= 4 is 16.4 Å². The van der Waals surface area contributed by atoms with Gasteiger partial charge < -0.3 is 34.3 Å². The molecule has 0 radical (unpaired) electrons. The minimum Gasteiger partial charge on any atom is -0.457 e. The molecule has 75 heavy (non-hydrogen) atoms. The Hall–Kier alpha value is -2.46. The van der Waals surface area contributed by atoms with Gasteiger partial charge in [-0.3, -0.25) is 9.35 Å². The van der Waals surface area contributed by atoms with Gasteiger partial charge in [-0.25, -0.2) is 4.18 Å². The molecule has 436 valence electrons. The highest BCUT2D eigenvalue weighted by Gasteiger charge is 2.48. The van der Waals surface area contributed by atoms with Crippen molar-refractivity contribution in [3.05, 3.63) is 72.9 Å². The van der Waals surface area contributed by atoms with E-state index in [-0.39, 0.29) is 19.6 Å². The molecular formula is C62H110O12S. The summed E-state index contributed by atoms with van der Waals surface area (Å²) in [7, 11) is -5.08. The first-order valence-electron chi connectivity index (χ1n) is 30.2. The second-order valence-corrected chi connectivity index (χ2v) is 21.6. The zero-order chi connectivity index (χ0) is 54.6. The van der Waals surface area contributed by atoms with E-state index in [4.69, 9.17) is 18.9 Å². The van der Waals surface area contributed by atoms with Crippen LogP contribution in [0.5, 0.6) is 0 Å². The van der Waals surface area contributed by atoms with Crippen LogP contribution in [0.1, 0.15) is 251 Å². The van der Waals surface area contributed by atoms with Crippen LogP contribution in [0, 0.1) is 0 Å². The average molecular weight is 1080 g/mol. The highest BCUT2D eigenvalue weighted by Crippen LogP contribution is 2.26. The van der Waals surface area contributed by atoms with Crippen LogP contribution in [0.3, 0.4) is 0 Å². The van der Waals surface area contributed by atoms with Crippen LogP contribution in [0.25, 0.3) is 0 Å². The Bertz CT molecular complexity index is 1580. The molecular weight excluding hydrogens is 969 g/mol. The minimum atomic E-state index is -5.08. The third-order valence-electron chi connectivity index (χ3n) is 13.6. The van der Waals surface area contributed by atoms with Crippen LogP contribution in [0.2, 0.25) is 0 Å². The Morgan fingerprint density at radius 2 is 0.920 bits per heavy atom. The van der Waals surface area contributed by atoms with Crippen molar-refractivity contribution in [2.45, 2.75) is 288 Å². The second kappa shape index (κ2) is 52.3. The summed E-state index contributed by atoms with van der Waals surface area (Å²) >= 11 is 0. The summed E-state index contributed by atoms with van der Waals surface area (Å²) in [5.41, 5.74) is 0. The van der Waals surface area contributed by atoms with Crippen LogP contribution in [-0.2, 0) is 38.3 Å². The van der Waals surface area contributed by atoms with Gasteiger partial charge in [-0.05, 0) is 64.2 Å². The van der Waals surface area contributed by atoms with E-state index in [9.17, 15) is 33.1 Å². The van der Waals surface area contributed by atoms with Crippen LogP contribution in [0.15, 0.2) is 72.9 Å². The zero-order valence-corrected chi connectivity index (χ0v) is 48.2. The van der Waals surface area contributed by atoms with Crippen LogP contribution >= 0.6 is 0 Å². The van der Waals surface area contributed by atoms with Gasteiger partial charge in [-0.1, -0.05) is 254 Å². The Kier molecular flexibility index (Phi) is 49.2. The third kappa shape index (κ3) is 45.1. The number of aliphatic hydroxyl groups is 3. The normalized spacial score (nSPS) is 19.1. The van der Waals surface area contributed by atoms with E-state index in [0.717, 1.165) is 83.5 Å². The molecule has 1 rings (SSSR count). The number of carbonyl (C=O) groups is 1. The van der Waals surface area contributed by atoms with Crippen molar-refractivity contribution in [3.63, 3.8) is 0 Å². The summed E-state index contributed by atoms with van der Waals surface area (Å²) in [6, 6.07) is 0. The molecule has 13 heteroatoms. The summed E-state index contributed by atoms with van der Waals surface area (Å²) in [4.78, 5) is 13.0. The largest absolute Gasteiger partial charge is 0.457 e. The van der Waals surface area contributed by atoms with Gasteiger partial charge in [0.25, 0.3) is 0 Å². The highest BCUT2D eigenvalue weighted by molar-refractivity contribution is 7.80. The number of hydrogen-bond acceptors (Lipinski definition) is 11. The third-order valence-corrected chi connectivity index (χ3v) is 14.1. The molecule has 0 amide bonds. The number of carbonyl (C=O) groups excluding carboxylic acids is 1. The van der Waals surface area contributed by atoms with Gasteiger partial charge in [0.15, 0.2) is 6.29 Å². The lowest BCUT2D eigenvalue weighted by Crippen LogP contribution is -2.60. The smallest absolute Gasteiger partial charge is 0.397 e. The lowest BCUT2D eigenvalue weighted by molar-refractivity contribution is -0.301. The monoisotopic (exact) mass is 1080 g/mol. The van der Waals surface area contributed by atoms with Crippen molar-refractivity contribution in [1.82, 2.24) is 0 Å². The molecule has 12 nitrogen and oxygen atoms in total. The summed E-state index contributed by atoms with van der Waals surface area (Å²) in [6.45, 7) is 3.89. The summed E-state index contributed by atoms with van der Waals surface area (Å²) in [5, 5.41) is 30.9. The molecule has 0 aromatic carbocycles. The molecule has 6 atom stereocenters. The van der Waals surface area contributed by atoms with Gasteiger partial charge in [-0.15, -0.1) is 0 Å². The van der Waals surface area contributed by atoms with Gasteiger partial charge in [-0.2, -0.15) is 8.42 Å². The minimum absolute atomic E-state index is 0.0247. The molecule has 4 N–H and O–H groups in total. The molecule has 6 unspecified atom stereocenters. The Labute approximate surface area is 458 Å². The van der Waals surface area contributed by atoms with Crippen LogP contribution < -0.4 is 0 Å². The lowest BCUT2D eigenvalue weighted by Gasteiger charge is -2.41. The fraction of sp³-hybridized carbons (Fsp3) is 0.790. The topological polar surface area (TPSA) is 178 Å². The maximum atomic E-state index is 13.0. The number of rotatable bonds is 53. The maximum absolute atomic E-state index is 13.0. The van der Waals surface area contributed by atoms with Crippen LogP contribution in [-0.4, -0.2) is 97.5 Å². The number of hydrogen-bond donors (Lipinski definition) is 4. The lowest BCUT2D eigenvalue weighted by atomic mass is 9.99. The molecule has 0 aliphatic carbocycles. The summed E-state index contributed by atoms with van der Waals surface area (Å²) < 4.78 is 59.5. The molecule has 1 fully saturated rings. The van der Waals surface area contributed by atoms with Gasteiger partial charge in [0, 0.05) is 13.0 Å². The predicted molar refractivity (Wildman–Crippen MR) is 308 cm³/mol. The zero-order valence-electron chi connectivity index (χ0n) is 47.3. The van der Waals surface area contributed by atoms with Crippen molar-refractivity contribution in [3.8, 4) is 0 Å². The summed E-state index contributed by atoms with van der Waals surface area (Å²) in [5.74, 6) is -0.421. The van der Waals surface area contributed by atoms with E-state index in [2.05, 4.69) is 90.9 Å². The standard InChI is InChI=1S/C62H110O12S/c1-3-5-7-9-11-13-15-17-19-21-23-25-27-28-30-32-34-36-38-40-42-44-46-48-50-52-70-54-56(55-71-62-60(66)61(74-75(67,68)69)59(65)57(53-63)73-62)72-58(64)51-49-47-45-43-41-39-37-35-33-31-29-26-24-22-20-18-16-14-12-10-8-6-4-2/h6,8,12,14,18,20,24,26,31,33,37,39,56-57,59-63,65-66H,3-5,7,9-11,13,15-17,19,21-23,25,27-30,32,34-36,38,40-55H2,1-2H3,(H,67,68,69)/b8-6-,14-12-,20-18-,26-24-,33-31-,39-37-. The molecule has 0 aromatic heterocycles. The van der Waals surface area contributed by atoms with E-state index in [1.807, 2.05) is 0 Å². The van der Waals surface area contributed by atoms with Crippen molar-refractivity contribution < 1.29 is 56.2 Å². The molecule has 0 bridgehead atoms. The van der Waals surface area contributed by atoms with Gasteiger partial charge >= 0.3 is 16.4 Å². The summed E-state index contributed by atoms with van der Waals surface area (Å²) in [6.07, 6.45) is 60.9. The van der Waals surface area contributed by atoms with Gasteiger partial charge in [0.1, 0.15) is 30.5 Å². The van der Waals surface area contributed by atoms with E-state index in [0.29, 0.717) is 13.0 Å². The molecule has 0 saturated carbocycles. The fourth-order valence-electron chi connectivity index (χ4n) is 9.09. The number of unbranched alkanes of at least 4 members (excludes halogenated alkanes) is 28. The molecule has 0 spiro atoms. The Balaban J connectivity index is 2.30. The van der Waals surface area contributed by atoms with E-state index < -0.39 is 59.8 Å². The van der Waals surface area contributed by atoms with Crippen LogP contribution in [0.4, 0.5) is 0 Å². The predicted octanol–water partition coefficient (Wildman–Crippen LogP) is 15.4. The average Bonchev–Trinajstić information content (AvgIpc) is 3.39. The van der Waals surface area contributed by atoms with Crippen molar-refractivity contribution in [1.29, 1.82) is 0 Å². The SMILES string of the molecule is CC/C=C\C/C=C\C/C=C\C/C=C\C/C=C\C/C=C\CCCCCCC(=O)OC(COCCCCCCCCCCCCCCCCCCCCCCCCCCC)COC1OC(CO)C(O)C(OS(=O)(=O)O)C1O. The molecule has 1 aliphatic rings. The highest BCUT2D eigenvalue weighted by atomic mass is 32.3. The molecule has 1 aliphatic heterocycles. The van der Waals surface area contributed by atoms with Crippen molar-refractivity contribution in [2.24, 2.45) is 0 Å². The van der Waals surface area contributed by atoms with E-state index >= 15 is 0 Å². The first-order chi connectivity index (χ1) is 36.6. The molecule has 0 aromatic rings. The van der Waals surface area contributed by atoms with Gasteiger partial charge in [0.05, 0.1) is 19.8 Å². The molecule has 1 saturated heterocycles. The second-order valence-electron chi connectivity index (χ2n) is 20.6. The number of aliphatic hydroxyl groups excluding tert-OH is 3. The quantitative estimate of drug-likeness (QED) is 0.0196. The Morgan fingerprint density at radius 1 is 0.520 bits per heavy atom. The van der Waals surface area contributed by atoms with E-state index in [1.54, 1.807) is 0 Å². The first-order valence-corrected chi connectivity index (χ1v) is 31.6. The maximum Gasteiger partial charge on any atom is 0.397 e. The Morgan fingerprint density at radius 3 is 1.35 bits per heavy atom. The fourth-order valence-corrected chi connectivity index (χ4v) is 9.60. The van der Waals surface area contributed by atoms with E-state index in [1.165, 1.54) is 141 Å². The van der Waals surface area contributed by atoms with Gasteiger partial charge in [0.2, 0.25) is 0 Å². The van der Waals surface area contributed by atoms with Crippen molar-refractivity contribution in [2.75, 3.05) is 26.4 Å². The number of esters is 1. The number of ether oxygens (including phenoxy) is 4. The first kappa shape index (κ1) is 70.6. The number of allylic oxidation sites excluding steroid dienone is 12.